The molecule has 7 nitrogen and oxygen atoms in total. The summed E-state index contributed by atoms with van der Waals surface area (Å²) in [5.41, 5.74) is 3.16. The summed E-state index contributed by atoms with van der Waals surface area (Å²) in [6.07, 6.45) is 0. The van der Waals surface area contributed by atoms with E-state index >= 15 is 0 Å². The lowest BCUT2D eigenvalue weighted by Crippen LogP contribution is -2.52. The second kappa shape index (κ2) is 13.5. The molecule has 0 N–H and O–H groups in total. The SMILES string of the molecule is COc1ccc(Cl)cc1S(=O)(=O)N(CC(=O)N1CCN(C(c2ccccc2)c2ccccc2)CC1)Cc1ccccc1. The molecule has 1 saturated heterocycles. The number of amides is 1. The summed E-state index contributed by atoms with van der Waals surface area (Å²) in [4.78, 5) is 17.7. The highest BCUT2D eigenvalue weighted by atomic mass is 35.5. The first-order valence-corrected chi connectivity index (χ1v) is 15.7. The van der Waals surface area contributed by atoms with Crippen LogP contribution in [0.3, 0.4) is 0 Å². The average molecular weight is 604 g/mol. The third kappa shape index (κ3) is 6.85. The lowest BCUT2D eigenvalue weighted by atomic mass is 9.96. The number of halogens is 1. The van der Waals surface area contributed by atoms with Gasteiger partial charge >= 0.3 is 0 Å². The molecule has 1 fully saturated rings. The maximum atomic E-state index is 14.0. The summed E-state index contributed by atoms with van der Waals surface area (Å²) in [6, 6.07) is 34.5. The molecular weight excluding hydrogens is 570 g/mol. The van der Waals surface area contributed by atoms with Crippen molar-refractivity contribution in [3.8, 4) is 5.75 Å². The van der Waals surface area contributed by atoms with E-state index in [1.54, 1.807) is 11.0 Å². The second-order valence-electron chi connectivity index (χ2n) is 10.2. The van der Waals surface area contributed by atoms with E-state index in [1.807, 2.05) is 66.7 Å². The lowest BCUT2D eigenvalue weighted by Gasteiger charge is -2.40. The molecule has 0 bridgehead atoms. The van der Waals surface area contributed by atoms with Gasteiger partial charge in [-0.25, -0.2) is 8.42 Å². The van der Waals surface area contributed by atoms with Crippen molar-refractivity contribution in [3.05, 3.63) is 131 Å². The van der Waals surface area contributed by atoms with Crippen molar-refractivity contribution in [3.63, 3.8) is 0 Å². The van der Waals surface area contributed by atoms with Crippen LogP contribution in [-0.4, -0.2) is 68.3 Å². The molecule has 1 heterocycles. The van der Waals surface area contributed by atoms with Crippen molar-refractivity contribution in [1.29, 1.82) is 0 Å². The Morgan fingerprint density at radius 2 is 1.38 bits per heavy atom. The molecule has 0 aliphatic carbocycles. The number of methoxy groups -OCH3 is 1. The molecule has 4 aromatic carbocycles. The van der Waals surface area contributed by atoms with Gasteiger partial charge in [0.2, 0.25) is 15.9 Å². The number of carbonyl (C=O) groups excluding carboxylic acids is 1. The van der Waals surface area contributed by atoms with E-state index in [9.17, 15) is 13.2 Å². The number of ether oxygens (including phenoxy) is 1. The number of carbonyl (C=O) groups is 1. The number of piperazine rings is 1. The van der Waals surface area contributed by atoms with Crippen molar-refractivity contribution in [2.45, 2.75) is 17.5 Å². The van der Waals surface area contributed by atoms with Gasteiger partial charge in [-0.15, -0.1) is 0 Å². The normalized spacial score (nSPS) is 14.3. The number of hydrogen-bond acceptors (Lipinski definition) is 5. The molecule has 218 valence electrons. The summed E-state index contributed by atoms with van der Waals surface area (Å²) in [7, 11) is -2.72. The molecule has 4 aromatic rings. The highest BCUT2D eigenvalue weighted by Crippen LogP contribution is 2.32. The Balaban J connectivity index is 1.35. The Kier molecular flexibility index (Phi) is 9.59. The average Bonchev–Trinajstić information content (AvgIpc) is 3.02. The Labute approximate surface area is 252 Å². The van der Waals surface area contributed by atoms with E-state index in [0.29, 0.717) is 26.2 Å². The van der Waals surface area contributed by atoms with Crippen LogP contribution in [0.5, 0.6) is 5.75 Å². The van der Waals surface area contributed by atoms with Crippen LogP contribution < -0.4 is 4.74 Å². The molecule has 0 radical (unpaired) electrons. The molecule has 1 aliphatic rings. The molecule has 0 aromatic heterocycles. The van der Waals surface area contributed by atoms with Crippen LogP contribution in [-0.2, 0) is 21.4 Å². The zero-order valence-electron chi connectivity index (χ0n) is 23.5. The molecule has 9 heteroatoms. The van der Waals surface area contributed by atoms with E-state index in [2.05, 4.69) is 29.2 Å². The van der Waals surface area contributed by atoms with Crippen LogP contribution in [0, 0.1) is 0 Å². The zero-order valence-corrected chi connectivity index (χ0v) is 25.0. The van der Waals surface area contributed by atoms with Crippen LogP contribution >= 0.6 is 11.6 Å². The summed E-state index contributed by atoms with van der Waals surface area (Å²) in [5, 5.41) is 0.267. The van der Waals surface area contributed by atoms with Crippen molar-refractivity contribution < 1.29 is 17.9 Å². The van der Waals surface area contributed by atoms with Gasteiger partial charge in [0.25, 0.3) is 0 Å². The van der Waals surface area contributed by atoms with Gasteiger partial charge in [0.1, 0.15) is 10.6 Å². The van der Waals surface area contributed by atoms with Gasteiger partial charge in [0, 0.05) is 37.7 Å². The van der Waals surface area contributed by atoms with E-state index in [4.69, 9.17) is 16.3 Å². The van der Waals surface area contributed by atoms with Gasteiger partial charge in [0.05, 0.1) is 19.7 Å². The minimum Gasteiger partial charge on any atom is -0.495 e. The number of benzene rings is 4. The first-order chi connectivity index (χ1) is 20.4. The number of nitrogens with zero attached hydrogens (tertiary/aromatic N) is 3. The van der Waals surface area contributed by atoms with E-state index in [0.717, 1.165) is 5.56 Å². The van der Waals surface area contributed by atoms with Crippen LogP contribution in [0.15, 0.2) is 114 Å². The standard InChI is InChI=1S/C33H34ClN3O4S/c1-41-30-18-17-29(34)23-31(30)42(39,40)37(24-26-11-5-2-6-12-26)25-32(38)35-19-21-36(22-20-35)33(27-13-7-3-8-14-27)28-15-9-4-10-16-28/h2-18,23,33H,19-22,24-25H2,1H3. The minimum atomic E-state index is -4.13. The Morgan fingerprint density at radius 1 is 0.833 bits per heavy atom. The number of sulfonamides is 1. The highest BCUT2D eigenvalue weighted by Gasteiger charge is 2.33. The summed E-state index contributed by atoms with van der Waals surface area (Å²) in [5.74, 6) is -0.0717. The fourth-order valence-electron chi connectivity index (χ4n) is 5.37. The van der Waals surface area contributed by atoms with Gasteiger partial charge in [0.15, 0.2) is 0 Å². The Hall–Kier alpha value is -3.69. The van der Waals surface area contributed by atoms with Crippen molar-refractivity contribution in [2.75, 3.05) is 39.8 Å². The van der Waals surface area contributed by atoms with Gasteiger partial charge in [-0.2, -0.15) is 4.31 Å². The molecule has 1 aliphatic heterocycles. The zero-order chi connectivity index (χ0) is 29.5. The third-order valence-corrected chi connectivity index (χ3v) is 9.57. The van der Waals surface area contributed by atoms with Crippen LogP contribution in [0.1, 0.15) is 22.7 Å². The molecule has 0 spiro atoms. The van der Waals surface area contributed by atoms with Crippen LogP contribution in [0.2, 0.25) is 5.02 Å². The topological polar surface area (TPSA) is 70.2 Å². The quantitative estimate of drug-likeness (QED) is 0.240. The van der Waals surface area contributed by atoms with Gasteiger partial charge in [-0.1, -0.05) is 103 Å². The van der Waals surface area contributed by atoms with Crippen molar-refractivity contribution in [1.82, 2.24) is 14.1 Å². The molecule has 0 atom stereocenters. The van der Waals surface area contributed by atoms with Gasteiger partial charge < -0.3 is 9.64 Å². The van der Waals surface area contributed by atoms with Crippen LogP contribution in [0.25, 0.3) is 0 Å². The van der Waals surface area contributed by atoms with E-state index in [1.165, 1.54) is 34.7 Å². The molecule has 1 amide bonds. The van der Waals surface area contributed by atoms with Gasteiger partial charge in [-0.05, 0) is 34.9 Å². The summed E-state index contributed by atoms with van der Waals surface area (Å²) < 4.78 is 34.5. The monoisotopic (exact) mass is 603 g/mol. The molecular formula is C33H34ClN3O4S. The largest absolute Gasteiger partial charge is 0.495 e. The maximum Gasteiger partial charge on any atom is 0.247 e. The summed E-state index contributed by atoms with van der Waals surface area (Å²) >= 11 is 6.18. The molecule has 42 heavy (non-hydrogen) atoms. The van der Waals surface area contributed by atoms with E-state index in [-0.39, 0.29) is 40.7 Å². The number of hydrogen-bond donors (Lipinski definition) is 0. The van der Waals surface area contributed by atoms with E-state index < -0.39 is 10.0 Å². The van der Waals surface area contributed by atoms with Crippen molar-refractivity contribution in [2.24, 2.45) is 0 Å². The fraction of sp³-hybridized carbons (Fsp3) is 0.242. The number of rotatable bonds is 10. The smallest absolute Gasteiger partial charge is 0.247 e. The first-order valence-electron chi connectivity index (χ1n) is 13.9. The Bertz CT molecular complexity index is 1540. The highest BCUT2D eigenvalue weighted by molar-refractivity contribution is 7.89. The fourth-order valence-corrected chi connectivity index (χ4v) is 7.17. The molecule has 0 unspecified atom stereocenters. The molecule has 5 rings (SSSR count). The minimum absolute atomic E-state index is 0.0363. The molecule has 0 saturated carbocycles. The second-order valence-corrected chi connectivity index (χ2v) is 12.5. The predicted molar refractivity (Wildman–Crippen MR) is 165 cm³/mol. The Morgan fingerprint density at radius 3 is 1.93 bits per heavy atom. The maximum absolute atomic E-state index is 14.0. The van der Waals surface area contributed by atoms with Gasteiger partial charge in [-0.3, -0.25) is 9.69 Å². The van der Waals surface area contributed by atoms with Crippen molar-refractivity contribution >= 4 is 27.5 Å². The lowest BCUT2D eigenvalue weighted by molar-refractivity contribution is -0.133. The van der Waals surface area contributed by atoms with Crippen LogP contribution in [0.4, 0.5) is 0 Å². The predicted octanol–water partition coefficient (Wildman–Crippen LogP) is 5.47. The summed E-state index contributed by atoms with van der Waals surface area (Å²) in [6.45, 7) is 2.05. The third-order valence-electron chi connectivity index (χ3n) is 7.52. The first kappa shape index (κ1) is 29.8.